The first kappa shape index (κ1) is 23.3. The number of pyridine rings is 1. The molecule has 0 saturated heterocycles. The highest BCUT2D eigenvalue weighted by Crippen LogP contribution is 2.33. The largest absolute Gasteiger partial charge is 0.488 e. The third-order valence-electron chi connectivity index (χ3n) is 5.37. The number of benzene rings is 3. The van der Waals surface area contributed by atoms with Gasteiger partial charge in [0.15, 0.2) is 0 Å². The van der Waals surface area contributed by atoms with E-state index in [4.69, 9.17) is 21.1 Å². The molecule has 0 fully saturated rings. The van der Waals surface area contributed by atoms with E-state index < -0.39 is 5.97 Å². The van der Waals surface area contributed by atoms with Crippen LogP contribution in [0.15, 0.2) is 78.9 Å². The van der Waals surface area contributed by atoms with Crippen LogP contribution in [0.25, 0.3) is 11.3 Å². The van der Waals surface area contributed by atoms with Crippen LogP contribution in [0.2, 0.25) is 5.02 Å². The molecular formula is C28H24ClNO4. The number of halogens is 1. The van der Waals surface area contributed by atoms with Gasteiger partial charge in [-0.25, -0.2) is 9.78 Å². The molecule has 0 unspecified atom stereocenters. The van der Waals surface area contributed by atoms with E-state index in [1.807, 2.05) is 68.4 Å². The van der Waals surface area contributed by atoms with Crippen LogP contribution in [0.3, 0.4) is 0 Å². The molecule has 0 aliphatic carbocycles. The van der Waals surface area contributed by atoms with Gasteiger partial charge in [-0.3, -0.25) is 0 Å². The maximum Gasteiger partial charge on any atom is 0.337 e. The number of hydrogen-bond donors (Lipinski definition) is 1. The van der Waals surface area contributed by atoms with Crippen molar-refractivity contribution in [1.29, 1.82) is 0 Å². The summed E-state index contributed by atoms with van der Waals surface area (Å²) in [6, 6.07) is 24.2. The Balaban J connectivity index is 1.65. The average molecular weight is 474 g/mol. The van der Waals surface area contributed by atoms with Gasteiger partial charge in [-0.2, -0.15) is 0 Å². The summed E-state index contributed by atoms with van der Waals surface area (Å²) in [6.45, 7) is 4.31. The lowest BCUT2D eigenvalue weighted by atomic mass is 10.1. The van der Waals surface area contributed by atoms with Crippen molar-refractivity contribution in [2.24, 2.45) is 0 Å². The molecule has 0 amide bonds. The summed E-state index contributed by atoms with van der Waals surface area (Å²) in [5, 5.41) is 10.2. The molecule has 0 spiro atoms. The van der Waals surface area contributed by atoms with Crippen molar-refractivity contribution in [3.63, 3.8) is 0 Å². The van der Waals surface area contributed by atoms with Gasteiger partial charge in [-0.05, 0) is 66.9 Å². The maximum absolute atomic E-state index is 11.8. The van der Waals surface area contributed by atoms with Crippen LogP contribution in [-0.2, 0) is 13.2 Å². The van der Waals surface area contributed by atoms with Crippen molar-refractivity contribution in [3.05, 3.63) is 112 Å². The summed E-state index contributed by atoms with van der Waals surface area (Å²) in [5.74, 6) is 0.200. The lowest BCUT2D eigenvalue weighted by Gasteiger charge is -2.15. The van der Waals surface area contributed by atoms with Gasteiger partial charge in [0.1, 0.15) is 24.7 Å². The molecule has 1 N–H and O–H groups in total. The monoisotopic (exact) mass is 473 g/mol. The smallest absolute Gasteiger partial charge is 0.337 e. The summed E-state index contributed by atoms with van der Waals surface area (Å²) in [7, 11) is 0. The maximum atomic E-state index is 11.8. The van der Waals surface area contributed by atoms with Crippen LogP contribution < -0.4 is 9.47 Å². The first-order valence-electron chi connectivity index (χ1n) is 10.8. The van der Waals surface area contributed by atoms with Crippen LogP contribution in [0, 0.1) is 13.8 Å². The Hall–Kier alpha value is -3.83. The molecule has 6 heteroatoms. The predicted molar refractivity (Wildman–Crippen MR) is 133 cm³/mol. The zero-order valence-electron chi connectivity index (χ0n) is 18.9. The van der Waals surface area contributed by atoms with Gasteiger partial charge in [0.2, 0.25) is 0 Å². The lowest BCUT2D eigenvalue weighted by molar-refractivity contribution is 0.0693. The first-order valence-corrected chi connectivity index (χ1v) is 11.2. The number of aromatic carboxylic acids is 1. The quantitative estimate of drug-likeness (QED) is 0.302. The Morgan fingerprint density at radius 3 is 2.41 bits per heavy atom. The second-order valence-corrected chi connectivity index (χ2v) is 8.40. The van der Waals surface area contributed by atoms with Gasteiger partial charge in [0, 0.05) is 10.6 Å². The zero-order valence-corrected chi connectivity index (χ0v) is 19.7. The van der Waals surface area contributed by atoms with Crippen LogP contribution in [0.5, 0.6) is 11.5 Å². The first-order chi connectivity index (χ1) is 16.4. The zero-order chi connectivity index (χ0) is 24.1. The molecule has 0 atom stereocenters. The van der Waals surface area contributed by atoms with Crippen LogP contribution >= 0.6 is 11.6 Å². The number of carboxylic acid groups (broad SMARTS) is 1. The Kier molecular flexibility index (Phi) is 7.14. The normalized spacial score (nSPS) is 10.7. The van der Waals surface area contributed by atoms with Gasteiger partial charge in [-0.1, -0.05) is 54.1 Å². The number of aryl methyl sites for hydroxylation is 2. The number of carbonyl (C=O) groups is 1. The second kappa shape index (κ2) is 10.4. The minimum absolute atomic E-state index is 0.0214. The number of hydrogen-bond acceptors (Lipinski definition) is 4. The summed E-state index contributed by atoms with van der Waals surface area (Å²) >= 11 is 6.23. The molecule has 0 saturated carbocycles. The Bertz CT molecular complexity index is 1320. The van der Waals surface area contributed by atoms with E-state index >= 15 is 0 Å². The predicted octanol–water partition coefficient (Wildman–Crippen LogP) is 6.88. The fraction of sp³-hybridized carbons (Fsp3) is 0.143. The summed E-state index contributed by atoms with van der Waals surface area (Å²) < 4.78 is 12.0. The van der Waals surface area contributed by atoms with E-state index in [1.165, 1.54) is 0 Å². The summed E-state index contributed by atoms with van der Waals surface area (Å²) in [5.41, 5.74) is 4.75. The molecule has 5 nitrogen and oxygen atoms in total. The van der Waals surface area contributed by atoms with Crippen molar-refractivity contribution >= 4 is 17.6 Å². The van der Waals surface area contributed by atoms with Crippen LogP contribution in [0.1, 0.15) is 32.7 Å². The number of nitrogens with zero attached hydrogens (tertiary/aromatic N) is 1. The Morgan fingerprint density at radius 1 is 0.882 bits per heavy atom. The average Bonchev–Trinajstić information content (AvgIpc) is 2.83. The molecule has 0 aliphatic rings. The third kappa shape index (κ3) is 5.56. The molecule has 0 bridgehead atoms. The summed E-state index contributed by atoms with van der Waals surface area (Å²) in [4.78, 5) is 16.5. The number of aromatic nitrogens is 1. The van der Waals surface area contributed by atoms with Gasteiger partial charge >= 0.3 is 5.97 Å². The van der Waals surface area contributed by atoms with Crippen molar-refractivity contribution < 1.29 is 19.4 Å². The number of carboxylic acids is 1. The van der Waals surface area contributed by atoms with Crippen molar-refractivity contribution in [3.8, 4) is 22.8 Å². The van der Waals surface area contributed by atoms with Crippen molar-refractivity contribution in [1.82, 2.24) is 4.98 Å². The van der Waals surface area contributed by atoms with Crippen molar-refractivity contribution in [2.45, 2.75) is 27.1 Å². The highest BCUT2D eigenvalue weighted by molar-refractivity contribution is 6.30. The molecule has 3 aromatic carbocycles. The highest BCUT2D eigenvalue weighted by atomic mass is 35.5. The van der Waals surface area contributed by atoms with Crippen molar-refractivity contribution in [2.75, 3.05) is 0 Å². The van der Waals surface area contributed by atoms with E-state index in [0.717, 1.165) is 16.7 Å². The van der Waals surface area contributed by atoms with E-state index in [9.17, 15) is 9.90 Å². The van der Waals surface area contributed by atoms with Gasteiger partial charge < -0.3 is 14.6 Å². The molecule has 172 valence electrons. The fourth-order valence-electron chi connectivity index (χ4n) is 3.53. The second-order valence-electron chi connectivity index (χ2n) is 7.97. The SMILES string of the molecule is Cc1ccc(C)c(OCc2nc(-c3ccc(Cl)cc3OCc3ccccc3)ccc2C(=O)O)c1. The van der Waals surface area contributed by atoms with Crippen LogP contribution in [-0.4, -0.2) is 16.1 Å². The van der Waals surface area contributed by atoms with E-state index in [0.29, 0.717) is 40.1 Å². The van der Waals surface area contributed by atoms with E-state index in [-0.39, 0.29) is 12.2 Å². The van der Waals surface area contributed by atoms with Gasteiger partial charge in [0.05, 0.1) is 17.0 Å². The molecule has 4 rings (SSSR count). The lowest BCUT2D eigenvalue weighted by Crippen LogP contribution is -2.09. The van der Waals surface area contributed by atoms with E-state index in [1.54, 1.807) is 24.3 Å². The number of rotatable bonds is 8. The van der Waals surface area contributed by atoms with Gasteiger partial charge in [-0.15, -0.1) is 0 Å². The summed E-state index contributed by atoms with van der Waals surface area (Å²) in [6.07, 6.45) is 0. The standard InChI is InChI=1S/C28H24ClNO4/c1-18-8-9-19(2)26(14-18)34-17-25-23(28(31)32)12-13-24(30-25)22-11-10-21(29)15-27(22)33-16-20-6-4-3-5-7-20/h3-15H,16-17H2,1-2H3,(H,31,32). The minimum Gasteiger partial charge on any atom is -0.488 e. The third-order valence-corrected chi connectivity index (χ3v) is 5.60. The molecule has 1 aromatic heterocycles. The molecule has 34 heavy (non-hydrogen) atoms. The van der Waals surface area contributed by atoms with Crippen LogP contribution in [0.4, 0.5) is 0 Å². The molecule has 0 aliphatic heterocycles. The molecular weight excluding hydrogens is 450 g/mol. The Labute approximate surface area is 203 Å². The molecule has 4 aromatic rings. The fourth-order valence-corrected chi connectivity index (χ4v) is 3.69. The number of ether oxygens (including phenoxy) is 2. The molecule has 0 radical (unpaired) electrons. The highest BCUT2D eigenvalue weighted by Gasteiger charge is 2.17. The topological polar surface area (TPSA) is 68.7 Å². The Morgan fingerprint density at radius 2 is 1.65 bits per heavy atom. The van der Waals surface area contributed by atoms with E-state index in [2.05, 4.69) is 4.98 Å². The minimum atomic E-state index is -1.06. The van der Waals surface area contributed by atoms with Gasteiger partial charge in [0.25, 0.3) is 0 Å². The molecule has 1 heterocycles.